The van der Waals surface area contributed by atoms with E-state index in [2.05, 4.69) is 37.4 Å². The first-order valence-corrected chi connectivity index (χ1v) is 12.1. The van der Waals surface area contributed by atoms with Gasteiger partial charge in [0.05, 0.1) is 6.04 Å². The highest BCUT2D eigenvalue weighted by Gasteiger charge is 2.34. The van der Waals surface area contributed by atoms with E-state index < -0.39 is 0 Å². The number of thiophene rings is 1. The van der Waals surface area contributed by atoms with Crippen LogP contribution in [-0.2, 0) is 20.7 Å². The second kappa shape index (κ2) is 11.0. The summed E-state index contributed by atoms with van der Waals surface area (Å²) in [6, 6.07) is 9.98. The summed E-state index contributed by atoms with van der Waals surface area (Å²) in [7, 11) is 1.49. The lowest BCUT2D eigenvalue weighted by molar-refractivity contribution is -0.146. The molecule has 32 heavy (non-hydrogen) atoms. The quantitative estimate of drug-likeness (QED) is 0.563. The first kappa shape index (κ1) is 24.3. The number of fused-ring (bicyclic) bond motifs is 1. The molecule has 0 saturated heterocycles. The SMILES string of the molecule is COCC(=O)N(CC(=O)N1CCc2sccc2[C@@H]1COc1ccc(C(C)C)cc1)C(C)C. The first-order valence-electron chi connectivity index (χ1n) is 11.2. The van der Waals surface area contributed by atoms with Crippen LogP contribution in [0.1, 0.15) is 55.7 Å². The van der Waals surface area contributed by atoms with Crippen molar-refractivity contribution in [1.29, 1.82) is 0 Å². The van der Waals surface area contributed by atoms with Crippen LogP contribution in [0.5, 0.6) is 5.75 Å². The van der Waals surface area contributed by atoms with Crippen molar-refractivity contribution < 1.29 is 19.1 Å². The average Bonchev–Trinajstić information content (AvgIpc) is 3.24. The Hall–Kier alpha value is -2.38. The molecule has 0 aliphatic carbocycles. The van der Waals surface area contributed by atoms with Gasteiger partial charge in [-0.3, -0.25) is 9.59 Å². The summed E-state index contributed by atoms with van der Waals surface area (Å²) in [6.45, 7) is 9.17. The molecule has 0 bridgehead atoms. The zero-order valence-corrected chi connectivity index (χ0v) is 20.5. The highest BCUT2D eigenvalue weighted by Crippen LogP contribution is 2.34. The maximum atomic E-state index is 13.3. The molecule has 7 heteroatoms. The van der Waals surface area contributed by atoms with E-state index in [9.17, 15) is 9.59 Å². The Morgan fingerprint density at radius 3 is 2.50 bits per heavy atom. The molecule has 2 aromatic rings. The molecule has 0 saturated carbocycles. The molecule has 1 aromatic heterocycles. The molecular formula is C25H34N2O4S. The largest absolute Gasteiger partial charge is 0.491 e. The number of ether oxygens (including phenoxy) is 2. The van der Waals surface area contributed by atoms with Gasteiger partial charge in [0.2, 0.25) is 11.8 Å². The lowest BCUT2D eigenvalue weighted by Crippen LogP contribution is -2.50. The molecular weight excluding hydrogens is 424 g/mol. The van der Waals surface area contributed by atoms with Gasteiger partial charge in [-0.2, -0.15) is 0 Å². The molecule has 0 spiro atoms. The minimum absolute atomic E-state index is 0.0287. The molecule has 6 nitrogen and oxygen atoms in total. The predicted octanol–water partition coefficient (Wildman–Crippen LogP) is 4.26. The Balaban J connectivity index is 1.75. The van der Waals surface area contributed by atoms with Gasteiger partial charge in [-0.15, -0.1) is 11.3 Å². The summed E-state index contributed by atoms with van der Waals surface area (Å²) in [5.74, 6) is 1.02. The van der Waals surface area contributed by atoms with Crippen LogP contribution in [0.4, 0.5) is 0 Å². The van der Waals surface area contributed by atoms with Crippen LogP contribution in [0.15, 0.2) is 35.7 Å². The van der Waals surface area contributed by atoms with Gasteiger partial charge in [0.15, 0.2) is 0 Å². The van der Waals surface area contributed by atoms with E-state index in [0.717, 1.165) is 17.7 Å². The van der Waals surface area contributed by atoms with Crippen LogP contribution < -0.4 is 4.74 Å². The molecule has 0 N–H and O–H groups in total. The fraction of sp³-hybridized carbons (Fsp3) is 0.520. The van der Waals surface area contributed by atoms with Crippen molar-refractivity contribution in [3.05, 3.63) is 51.7 Å². The van der Waals surface area contributed by atoms with Crippen molar-refractivity contribution in [3.63, 3.8) is 0 Å². The second-order valence-electron chi connectivity index (χ2n) is 8.74. The summed E-state index contributed by atoms with van der Waals surface area (Å²) in [5, 5.41) is 2.08. The van der Waals surface area contributed by atoms with Gasteiger partial charge in [0.1, 0.15) is 25.5 Å². The van der Waals surface area contributed by atoms with Gasteiger partial charge in [-0.05, 0) is 60.9 Å². The third kappa shape index (κ3) is 5.70. The second-order valence-corrected chi connectivity index (χ2v) is 9.74. The molecule has 1 atom stereocenters. The first-order chi connectivity index (χ1) is 15.3. The van der Waals surface area contributed by atoms with Crippen LogP contribution in [0.3, 0.4) is 0 Å². The molecule has 2 amide bonds. The van der Waals surface area contributed by atoms with Crippen LogP contribution >= 0.6 is 11.3 Å². The van der Waals surface area contributed by atoms with Crippen molar-refractivity contribution in [2.24, 2.45) is 0 Å². The lowest BCUT2D eigenvalue weighted by Gasteiger charge is -2.37. The van der Waals surface area contributed by atoms with Gasteiger partial charge in [0, 0.05) is 24.6 Å². The van der Waals surface area contributed by atoms with Crippen molar-refractivity contribution in [3.8, 4) is 5.75 Å². The number of rotatable bonds is 9. The van der Waals surface area contributed by atoms with E-state index >= 15 is 0 Å². The number of hydrogen-bond donors (Lipinski definition) is 0. The third-order valence-corrected chi connectivity index (χ3v) is 6.88. The Labute approximate surface area is 195 Å². The number of carbonyl (C=O) groups excluding carboxylic acids is 2. The molecule has 1 aliphatic heterocycles. The van der Waals surface area contributed by atoms with Crippen LogP contribution in [0.25, 0.3) is 0 Å². The van der Waals surface area contributed by atoms with Gasteiger partial charge in [-0.1, -0.05) is 26.0 Å². The Morgan fingerprint density at radius 2 is 1.88 bits per heavy atom. The Bertz CT molecular complexity index is 907. The van der Waals surface area contributed by atoms with Crippen molar-refractivity contribution >= 4 is 23.2 Å². The molecule has 3 rings (SSSR count). The van der Waals surface area contributed by atoms with Crippen LogP contribution in [0, 0.1) is 0 Å². The molecule has 1 aromatic carbocycles. The minimum atomic E-state index is -0.179. The summed E-state index contributed by atoms with van der Waals surface area (Å²) >= 11 is 1.73. The zero-order valence-electron chi connectivity index (χ0n) is 19.7. The van der Waals surface area contributed by atoms with Gasteiger partial charge in [-0.25, -0.2) is 0 Å². The Morgan fingerprint density at radius 1 is 1.16 bits per heavy atom. The molecule has 2 heterocycles. The van der Waals surface area contributed by atoms with E-state index in [-0.39, 0.29) is 37.0 Å². The summed E-state index contributed by atoms with van der Waals surface area (Å²) in [5.41, 5.74) is 2.41. The fourth-order valence-corrected chi connectivity index (χ4v) is 4.93. The molecule has 1 aliphatic rings. The normalized spacial score (nSPS) is 15.7. The van der Waals surface area contributed by atoms with E-state index in [1.165, 1.54) is 17.6 Å². The van der Waals surface area contributed by atoms with Gasteiger partial charge >= 0.3 is 0 Å². The number of carbonyl (C=O) groups is 2. The van der Waals surface area contributed by atoms with Crippen molar-refractivity contribution in [2.45, 2.75) is 52.1 Å². The molecule has 174 valence electrons. The van der Waals surface area contributed by atoms with E-state index in [0.29, 0.717) is 19.1 Å². The van der Waals surface area contributed by atoms with Crippen molar-refractivity contribution in [1.82, 2.24) is 9.80 Å². The van der Waals surface area contributed by atoms with Gasteiger partial charge in [0.25, 0.3) is 0 Å². The molecule has 0 fully saturated rings. The summed E-state index contributed by atoms with van der Waals surface area (Å²) < 4.78 is 11.1. The Kier molecular flexibility index (Phi) is 8.32. The number of amides is 2. The standard InChI is InChI=1S/C25H34N2O4S/c1-17(2)19-6-8-20(9-7-19)31-15-22-21-11-13-32-23(21)10-12-26(22)24(28)14-27(18(3)4)25(29)16-30-5/h6-9,11,13,17-18,22H,10,12,14-16H2,1-5H3/t22-/m0/s1. The topological polar surface area (TPSA) is 59.1 Å². The number of hydrogen-bond acceptors (Lipinski definition) is 5. The average molecular weight is 459 g/mol. The summed E-state index contributed by atoms with van der Waals surface area (Å²) in [4.78, 5) is 30.5. The van der Waals surface area contributed by atoms with Crippen LogP contribution in [0.2, 0.25) is 0 Å². The number of methoxy groups -OCH3 is 1. The number of nitrogens with zero attached hydrogens (tertiary/aromatic N) is 2. The van der Waals surface area contributed by atoms with Crippen molar-refractivity contribution in [2.75, 3.05) is 33.4 Å². The van der Waals surface area contributed by atoms with Crippen LogP contribution in [-0.4, -0.2) is 61.1 Å². The molecule has 0 radical (unpaired) electrons. The highest BCUT2D eigenvalue weighted by atomic mass is 32.1. The van der Waals surface area contributed by atoms with Gasteiger partial charge < -0.3 is 19.3 Å². The maximum Gasteiger partial charge on any atom is 0.249 e. The molecule has 0 unspecified atom stereocenters. The monoisotopic (exact) mass is 458 g/mol. The van der Waals surface area contributed by atoms with E-state index in [4.69, 9.17) is 9.47 Å². The fourth-order valence-electron chi connectivity index (χ4n) is 4.00. The smallest absolute Gasteiger partial charge is 0.249 e. The minimum Gasteiger partial charge on any atom is -0.491 e. The zero-order chi connectivity index (χ0) is 23.3. The number of benzene rings is 1. The van der Waals surface area contributed by atoms with E-state index in [1.807, 2.05) is 30.9 Å². The third-order valence-electron chi connectivity index (χ3n) is 5.89. The predicted molar refractivity (Wildman–Crippen MR) is 127 cm³/mol. The summed E-state index contributed by atoms with van der Waals surface area (Å²) in [6.07, 6.45) is 0.825. The highest BCUT2D eigenvalue weighted by molar-refractivity contribution is 7.10. The maximum absolute atomic E-state index is 13.3. The lowest BCUT2D eigenvalue weighted by atomic mass is 10.00. The van der Waals surface area contributed by atoms with E-state index in [1.54, 1.807) is 16.2 Å².